The van der Waals surface area contributed by atoms with Crippen LogP contribution in [0.15, 0.2) is 107 Å². The van der Waals surface area contributed by atoms with Crippen LogP contribution >= 0.6 is 22.6 Å². The van der Waals surface area contributed by atoms with Gasteiger partial charge in [0.05, 0.1) is 28.0 Å². The Morgan fingerprint density at radius 1 is 0.569 bits per heavy atom. The van der Waals surface area contributed by atoms with Gasteiger partial charge >= 0.3 is 12.4 Å². The Morgan fingerprint density at radius 3 is 1.38 bits per heavy atom. The summed E-state index contributed by atoms with van der Waals surface area (Å²) in [7, 11) is -5.79. The van der Waals surface area contributed by atoms with E-state index in [0.717, 1.165) is 105 Å². The van der Waals surface area contributed by atoms with Gasteiger partial charge in [0.15, 0.2) is 31.9 Å². The molecule has 2 amide bonds. The fourth-order valence-corrected chi connectivity index (χ4v) is 8.73. The van der Waals surface area contributed by atoms with Gasteiger partial charge in [0.2, 0.25) is 0 Å². The zero-order chi connectivity index (χ0) is 47.8. The molecule has 0 N–H and O–H groups in total. The molecule has 346 valence electrons. The lowest BCUT2D eigenvalue weighted by Crippen LogP contribution is -2.32. The van der Waals surface area contributed by atoms with E-state index in [4.69, 9.17) is 14.2 Å². The molecule has 0 spiro atoms. The molecule has 0 saturated heterocycles. The van der Waals surface area contributed by atoms with Gasteiger partial charge < -0.3 is 24.0 Å². The van der Waals surface area contributed by atoms with Crippen molar-refractivity contribution in [2.24, 2.45) is 0 Å². The molecule has 0 bridgehead atoms. The Kier molecular flexibility index (Phi) is 14.2. The summed E-state index contributed by atoms with van der Waals surface area (Å²) in [6.45, 7) is 2.66. The van der Waals surface area contributed by atoms with Crippen LogP contribution in [0.2, 0.25) is 0 Å². The number of halogens is 7. The number of hydrogen-bond acceptors (Lipinski definition) is 9. The third-order valence-corrected chi connectivity index (χ3v) is 13.5. The van der Waals surface area contributed by atoms with Crippen LogP contribution in [0.4, 0.5) is 26.3 Å². The summed E-state index contributed by atoms with van der Waals surface area (Å²) in [4.78, 5) is 29.1. The molecular formula is C45H41F6IN2O9S2. The molecular weight excluding hydrogens is 1020 g/mol. The van der Waals surface area contributed by atoms with Crippen LogP contribution in [0.3, 0.4) is 0 Å². The van der Waals surface area contributed by atoms with Gasteiger partial charge in [0, 0.05) is 42.3 Å². The number of alkyl halides is 6. The zero-order valence-electron chi connectivity index (χ0n) is 35.3. The molecule has 2 aliphatic heterocycles. The van der Waals surface area contributed by atoms with Gasteiger partial charge in [-0.25, -0.2) is 16.8 Å². The summed E-state index contributed by atoms with van der Waals surface area (Å²) in [5, 5.41) is 0. The van der Waals surface area contributed by atoms with E-state index in [0.29, 0.717) is 0 Å². The summed E-state index contributed by atoms with van der Waals surface area (Å²) in [6.07, 6.45) is -11.7. The van der Waals surface area contributed by atoms with Crippen molar-refractivity contribution in [2.75, 3.05) is 19.6 Å². The highest BCUT2D eigenvalue weighted by molar-refractivity contribution is 14.1. The number of rotatable bonds is 10. The Balaban J connectivity index is 0.000000221. The molecule has 11 nitrogen and oxygen atoms in total. The third-order valence-electron chi connectivity index (χ3n) is 10.6. The zero-order valence-corrected chi connectivity index (χ0v) is 39.0. The monoisotopic (exact) mass is 1060 g/mol. The Bertz CT molecular complexity index is 2860. The molecule has 2 heterocycles. The van der Waals surface area contributed by atoms with Crippen molar-refractivity contribution in [3.63, 3.8) is 0 Å². The predicted octanol–water partition coefficient (Wildman–Crippen LogP) is 9.43. The molecule has 65 heavy (non-hydrogen) atoms. The minimum absolute atomic E-state index is 0.167. The number of methoxy groups -OCH3 is 1. The number of carbonyl (C=O) groups excluding carboxylic acids is 2. The summed E-state index contributed by atoms with van der Waals surface area (Å²) >= 11 is 2.15. The molecule has 2 atom stereocenters. The first kappa shape index (κ1) is 49.1. The smallest absolute Gasteiger partial charge is 0.425 e. The van der Waals surface area contributed by atoms with Crippen LogP contribution < -0.4 is 14.2 Å². The Morgan fingerprint density at radius 2 is 0.969 bits per heavy atom. The number of amides is 2. The molecule has 0 fully saturated rings. The topological polar surface area (TPSA) is 137 Å². The fraction of sp³-hybridized carbons (Fsp3) is 0.289. The van der Waals surface area contributed by atoms with Gasteiger partial charge in [-0.3, -0.25) is 9.59 Å². The van der Waals surface area contributed by atoms with Gasteiger partial charge in [-0.2, -0.15) is 26.3 Å². The van der Waals surface area contributed by atoms with Crippen LogP contribution in [-0.2, 0) is 45.9 Å². The standard InChI is InChI=1S/C26H24F3NO5S.C19H17F3INO4S/c1-16(26(27,28)29)35-24-11-10-22(36(3,32)33)13-23(24)25(31)30-14-19-5-4-18(12-20(19)15-30)17-6-8-21(34-2)9-7-17;1-11(19(20,21)22)28-17-6-5-15(29(2,26)27)8-16(17)18(25)24-9-12-3-4-14(23)7-13(12)10-24/h4-13,16H,14-15H2,1-3H3;3-8,11H,9-10H2,1-2H3/t;11-/m.0/s1. The molecule has 1 unspecified atom stereocenters. The predicted molar refractivity (Wildman–Crippen MR) is 236 cm³/mol. The van der Waals surface area contributed by atoms with Gasteiger partial charge in [-0.05, 0) is 137 Å². The van der Waals surface area contributed by atoms with E-state index in [1.807, 2.05) is 60.7 Å². The SMILES string of the molecule is COc1ccc(-c2ccc3c(c2)CN(C(=O)c2cc(S(C)(=O)=O)ccc2OC(C)C(F)(F)F)C3)cc1.C[C@H](Oc1ccc(S(C)(=O)=O)cc1C(=O)N1Cc2ccc(I)cc2C1)C(F)(F)F. The maximum Gasteiger partial charge on any atom is 0.425 e. The lowest BCUT2D eigenvalue weighted by Gasteiger charge is -2.22. The van der Waals surface area contributed by atoms with E-state index < -0.39 is 56.0 Å². The summed E-state index contributed by atoms with van der Waals surface area (Å²) in [5.41, 5.74) is 5.10. The second-order valence-corrected chi connectivity index (χ2v) is 20.7. The van der Waals surface area contributed by atoms with Crippen molar-refractivity contribution in [1.82, 2.24) is 9.80 Å². The number of hydrogen-bond donors (Lipinski definition) is 0. The van der Waals surface area contributed by atoms with Crippen LogP contribution in [0.1, 0.15) is 56.8 Å². The van der Waals surface area contributed by atoms with Crippen LogP contribution in [0, 0.1) is 3.57 Å². The maximum atomic E-state index is 13.4. The van der Waals surface area contributed by atoms with Crippen molar-refractivity contribution < 1.29 is 67.0 Å². The lowest BCUT2D eigenvalue weighted by atomic mass is 10.0. The second kappa shape index (κ2) is 18.9. The van der Waals surface area contributed by atoms with Crippen molar-refractivity contribution in [3.05, 3.63) is 134 Å². The normalized spacial score (nSPS) is 14.7. The van der Waals surface area contributed by atoms with Gasteiger partial charge in [0.1, 0.15) is 17.2 Å². The second-order valence-electron chi connectivity index (χ2n) is 15.4. The molecule has 7 rings (SSSR count). The molecule has 20 heteroatoms. The van der Waals surface area contributed by atoms with E-state index in [-0.39, 0.29) is 58.6 Å². The summed E-state index contributed by atoms with van der Waals surface area (Å²) < 4.78 is 142. The molecule has 0 radical (unpaired) electrons. The molecule has 0 saturated carbocycles. The van der Waals surface area contributed by atoms with Crippen molar-refractivity contribution in [1.29, 1.82) is 0 Å². The number of nitrogens with zero attached hydrogens (tertiary/aromatic N) is 2. The number of carbonyl (C=O) groups is 2. The highest BCUT2D eigenvalue weighted by Gasteiger charge is 2.40. The number of sulfone groups is 2. The number of benzene rings is 5. The van der Waals surface area contributed by atoms with E-state index in [1.54, 1.807) is 7.11 Å². The summed E-state index contributed by atoms with van der Waals surface area (Å²) in [6, 6.07) is 25.6. The van der Waals surface area contributed by atoms with E-state index in [1.165, 1.54) is 9.80 Å². The molecule has 5 aromatic carbocycles. The highest BCUT2D eigenvalue weighted by Crippen LogP contribution is 2.36. The largest absolute Gasteiger partial charge is 0.497 e. The van der Waals surface area contributed by atoms with Gasteiger partial charge in [-0.1, -0.05) is 30.3 Å². The molecule has 0 aromatic heterocycles. The van der Waals surface area contributed by atoms with Crippen molar-refractivity contribution >= 4 is 54.1 Å². The quantitative estimate of drug-likeness (QED) is 0.0990. The minimum Gasteiger partial charge on any atom is -0.497 e. The van der Waals surface area contributed by atoms with E-state index in [2.05, 4.69) is 22.6 Å². The van der Waals surface area contributed by atoms with E-state index in [9.17, 15) is 52.8 Å². The maximum absolute atomic E-state index is 13.4. The summed E-state index contributed by atoms with van der Waals surface area (Å²) in [5.74, 6) is -1.12. The first-order valence-electron chi connectivity index (χ1n) is 19.5. The molecule has 5 aromatic rings. The van der Waals surface area contributed by atoms with Crippen LogP contribution in [-0.4, -0.2) is 82.6 Å². The Hall–Kier alpha value is -5.35. The Labute approximate surface area is 385 Å². The average Bonchev–Trinajstić information content (AvgIpc) is 3.86. The van der Waals surface area contributed by atoms with Crippen molar-refractivity contribution in [2.45, 2.75) is 74.4 Å². The molecule has 0 aliphatic carbocycles. The average molecular weight is 1060 g/mol. The first-order chi connectivity index (χ1) is 30.2. The fourth-order valence-electron chi connectivity index (χ4n) is 6.88. The highest BCUT2D eigenvalue weighted by atomic mass is 127. The third kappa shape index (κ3) is 11.7. The van der Waals surface area contributed by atoms with Crippen LogP contribution in [0.25, 0.3) is 11.1 Å². The van der Waals surface area contributed by atoms with Gasteiger partial charge in [-0.15, -0.1) is 0 Å². The minimum atomic E-state index is -4.66. The molecule has 2 aliphatic rings. The lowest BCUT2D eigenvalue weighted by molar-refractivity contribution is -0.189. The first-order valence-corrected chi connectivity index (χ1v) is 24.4. The number of fused-ring (bicyclic) bond motifs is 2. The van der Waals surface area contributed by atoms with E-state index >= 15 is 0 Å². The number of ether oxygens (including phenoxy) is 3. The van der Waals surface area contributed by atoms with Crippen molar-refractivity contribution in [3.8, 4) is 28.4 Å². The van der Waals surface area contributed by atoms with Crippen LogP contribution in [0.5, 0.6) is 17.2 Å². The van der Waals surface area contributed by atoms with Gasteiger partial charge in [0.25, 0.3) is 11.8 Å².